The molecule has 116 valence electrons. The molecule has 0 aliphatic heterocycles. The third-order valence-electron chi connectivity index (χ3n) is 3.45. The summed E-state index contributed by atoms with van der Waals surface area (Å²) in [5, 5.41) is 11.2. The fourth-order valence-corrected chi connectivity index (χ4v) is 2.51. The molecule has 1 aromatic carbocycles. The molecule has 0 heterocycles. The van der Waals surface area contributed by atoms with Gasteiger partial charge in [0.05, 0.1) is 4.90 Å². The molecule has 2 rings (SSSR count). The number of nitrogens with two attached hydrogens (primary N) is 1. The largest absolute Gasteiger partial charge is 0.353 e. The molecule has 21 heavy (non-hydrogen) atoms. The molecular formula is C14H21N3O3S. The molecule has 0 spiro atoms. The molecule has 1 aliphatic carbocycles. The van der Waals surface area contributed by atoms with Crippen LogP contribution in [-0.2, 0) is 14.8 Å². The van der Waals surface area contributed by atoms with Gasteiger partial charge in [0.15, 0.2) is 0 Å². The van der Waals surface area contributed by atoms with Crippen LogP contribution in [0.25, 0.3) is 0 Å². The first-order valence-electron chi connectivity index (χ1n) is 7.02. The van der Waals surface area contributed by atoms with Gasteiger partial charge in [0.1, 0.15) is 0 Å². The third-order valence-corrected chi connectivity index (χ3v) is 4.38. The molecule has 1 fully saturated rings. The molecular weight excluding hydrogens is 290 g/mol. The molecule has 0 radical (unpaired) electrons. The summed E-state index contributed by atoms with van der Waals surface area (Å²) in [5.41, 5.74) is 0.949. The van der Waals surface area contributed by atoms with Crippen molar-refractivity contribution in [3.63, 3.8) is 0 Å². The number of sulfonamides is 1. The molecule has 0 saturated heterocycles. The van der Waals surface area contributed by atoms with Gasteiger partial charge in [0.25, 0.3) is 0 Å². The molecule has 1 unspecified atom stereocenters. The van der Waals surface area contributed by atoms with Gasteiger partial charge in [0.2, 0.25) is 15.9 Å². The summed E-state index contributed by atoms with van der Waals surface area (Å²) in [5.74, 6) is 0.0711. The van der Waals surface area contributed by atoms with Crippen LogP contribution in [0.15, 0.2) is 29.2 Å². The number of hydrogen-bond acceptors (Lipinski definition) is 4. The molecule has 0 bridgehead atoms. The molecule has 1 aromatic rings. The van der Waals surface area contributed by atoms with E-state index in [1.165, 1.54) is 12.1 Å². The van der Waals surface area contributed by atoms with Crippen molar-refractivity contribution in [3.8, 4) is 0 Å². The quantitative estimate of drug-likeness (QED) is 0.688. The van der Waals surface area contributed by atoms with Gasteiger partial charge in [-0.15, -0.1) is 0 Å². The highest BCUT2D eigenvalue weighted by atomic mass is 32.2. The van der Waals surface area contributed by atoms with Gasteiger partial charge in [-0.25, -0.2) is 13.6 Å². The van der Waals surface area contributed by atoms with E-state index in [0.29, 0.717) is 19.0 Å². The van der Waals surface area contributed by atoms with Gasteiger partial charge >= 0.3 is 0 Å². The van der Waals surface area contributed by atoms with Gasteiger partial charge < -0.3 is 10.6 Å². The van der Waals surface area contributed by atoms with E-state index in [4.69, 9.17) is 5.14 Å². The maximum absolute atomic E-state index is 11.5. The standard InChI is InChI=1S/C14H21N3O3S/c1-10(16-9-8-14(18)17-12-4-5-12)11-2-6-13(7-3-11)21(15,19)20/h2-3,6-7,10,12,16H,4-5,8-9H2,1H3,(H,17,18)(H2,15,19,20). The Kier molecular flexibility index (Phi) is 4.97. The van der Waals surface area contributed by atoms with Crippen LogP contribution in [0, 0.1) is 0 Å². The molecule has 1 amide bonds. The summed E-state index contributed by atoms with van der Waals surface area (Å²) in [4.78, 5) is 11.6. The monoisotopic (exact) mass is 311 g/mol. The number of benzene rings is 1. The predicted octanol–water partition coefficient (Wildman–Crippen LogP) is 0.653. The fraction of sp³-hybridized carbons (Fsp3) is 0.500. The Bertz CT molecular complexity index is 594. The number of hydrogen-bond donors (Lipinski definition) is 3. The average Bonchev–Trinajstić information content (AvgIpc) is 3.21. The number of nitrogens with one attached hydrogen (secondary N) is 2. The van der Waals surface area contributed by atoms with Crippen LogP contribution in [0.1, 0.15) is 37.8 Å². The number of carbonyl (C=O) groups excluding carboxylic acids is 1. The number of rotatable bonds is 7. The van der Waals surface area contributed by atoms with Crippen molar-refractivity contribution in [2.45, 2.75) is 43.2 Å². The van der Waals surface area contributed by atoms with E-state index in [1.807, 2.05) is 6.92 Å². The van der Waals surface area contributed by atoms with Crippen molar-refractivity contribution in [1.29, 1.82) is 0 Å². The van der Waals surface area contributed by atoms with Gasteiger partial charge in [-0.1, -0.05) is 12.1 Å². The summed E-state index contributed by atoms with van der Waals surface area (Å²) in [7, 11) is -3.65. The summed E-state index contributed by atoms with van der Waals surface area (Å²) < 4.78 is 22.3. The second-order valence-corrected chi connectivity index (χ2v) is 6.94. The number of amides is 1. The summed E-state index contributed by atoms with van der Waals surface area (Å²) in [6, 6.07) is 6.85. The highest BCUT2D eigenvalue weighted by Gasteiger charge is 2.22. The molecule has 1 saturated carbocycles. The Morgan fingerprint density at radius 2 is 1.95 bits per heavy atom. The molecule has 7 heteroatoms. The Balaban J connectivity index is 1.79. The molecule has 6 nitrogen and oxygen atoms in total. The normalized spacial score (nSPS) is 16.5. The highest BCUT2D eigenvalue weighted by molar-refractivity contribution is 7.89. The maximum Gasteiger partial charge on any atom is 0.238 e. The van der Waals surface area contributed by atoms with Crippen molar-refractivity contribution in [3.05, 3.63) is 29.8 Å². The SMILES string of the molecule is CC(NCCC(=O)NC1CC1)c1ccc(S(N)(=O)=O)cc1. The lowest BCUT2D eigenvalue weighted by Gasteiger charge is -2.14. The van der Waals surface area contributed by atoms with Crippen molar-refractivity contribution in [2.24, 2.45) is 5.14 Å². The minimum atomic E-state index is -3.65. The molecule has 0 aromatic heterocycles. The second-order valence-electron chi connectivity index (χ2n) is 5.38. The summed E-state index contributed by atoms with van der Waals surface area (Å²) >= 11 is 0. The van der Waals surface area contributed by atoms with E-state index in [0.717, 1.165) is 18.4 Å². The van der Waals surface area contributed by atoms with E-state index < -0.39 is 10.0 Å². The third kappa shape index (κ3) is 5.11. The van der Waals surface area contributed by atoms with Gasteiger partial charge in [-0.3, -0.25) is 4.79 Å². The van der Waals surface area contributed by atoms with Crippen LogP contribution >= 0.6 is 0 Å². The second kappa shape index (κ2) is 6.55. The summed E-state index contributed by atoms with van der Waals surface area (Å²) in [6.45, 7) is 2.54. The lowest BCUT2D eigenvalue weighted by Crippen LogP contribution is -2.30. The van der Waals surface area contributed by atoms with Crippen LogP contribution < -0.4 is 15.8 Å². The first-order valence-corrected chi connectivity index (χ1v) is 8.56. The zero-order valence-corrected chi connectivity index (χ0v) is 12.8. The maximum atomic E-state index is 11.5. The van der Waals surface area contributed by atoms with Crippen LogP contribution in [0.5, 0.6) is 0 Å². The smallest absolute Gasteiger partial charge is 0.238 e. The lowest BCUT2D eigenvalue weighted by atomic mass is 10.1. The van der Waals surface area contributed by atoms with Gasteiger partial charge in [0, 0.05) is 25.0 Å². The fourth-order valence-electron chi connectivity index (χ4n) is 1.99. The Morgan fingerprint density at radius 3 is 2.48 bits per heavy atom. The van der Waals surface area contributed by atoms with Gasteiger partial charge in [-0.05, 0) is 37.5 Å². The Labute approximate surface area is 125 Å². The van der Waals surface area contributed by atoms with E-state index >= 15 is 0 Å². The highest BCUT2D eigenvalue weighted by Crippen LogP contribution is 2.18. The van der Waals surface area contributed by atoms with E-state index in [2.05, 4.69) is 10.6 Å². The van der Waals surface area contributed by atoms with Crippen LogP contribution in [0.2, 0.25) is 0 Å². The van der Waals surface area contributed by atoms with Crippen LogP contribution in [0.3, 0.4) is 0 Å². The molecule has 1 aliphatic rings. The molecule has 1 atom stereocenters. The zero-order chi connectivity index (χ0) is 15.5. The van der Waals surface area contributed by atoms with Crippen molar-refractivity contribution in [2.75, 3.05) is 6.54 Å². The Hall–Kier alpha value is -1.44. The number of primary sulfonamides is 1. The van der Waals surface area contributed by atoms with E-state index in [9.17, 15) is 13.2 Å². The van der Waals surface area contributed by atoms with Crippen LogP contribution in [0.4, 0.5) is 0 Å². The van der Waals surface area contributed by atoms with Crippen molar-refractivity contribution >= 4 is 15.9 Å². The molecule has 4 N–H and O–H groups in total. The first-order chi connectivity index (χ1) is 9.86. The Morgan fingerprint density at radius 1 is 1.33 bits per heavy atom. The lowest BCUT2D eigenvalue weighted by molar-refractivity contribution is -0.121. The van der Waals surface area contributed by atoms with Crippen LogP contribution in [-0.4, -0.2) is 26.9 Å². The number of carbonyl (C=O) groups is 1. The van der Waals surface area contributed by atoms with E-state index in [-0.39, 0.29) is 16.8 Å². The predicted molar refractivity (Wildman–Crippen MR) is 80.0 cm³/mol. The minimum absolute atomic E-state index is 0.0354. The zero-order valence-electron chi connectivity index (χ0n) is 12.0. The summed E-state index contributed by atoms with van der Waals surface area (Å²) in [6.07, 6.45) is 2.62. The minimum Gasteiger partial charge on any atom is -0.353 e. The van der Waals surface area contributed by atoms with Gasteiger partial charge in [-0.2, -0.15) is 0 Å². The van der Waals surface area contributed by atoms with Crippen molar-refractivity contribution in [1.82, 2.24) is 10.6 Å². The van der Waals surface area contributed by atoms with E-state index in [1.54, 1.807) is 12.1 Å². The first kappa shape index (κ1) is 15.9. The topological polar surface area (TPSA) is 101 Å². The average molecular weight is 311 g/mol. The van der Waals surface area contributed by atoms with Crippen molar-refractivity contribution < 1.29 is 13.2 Å².